The zero-order valence-electron chi connectivity index (χ0n) is 13.4. The Balaban J connectivity index is 1.69. The van der Waals surface area contributed by atoms with Crippen molar-refractivity contribution >= 4 is 0 Å². The second kappa shape index (κ2) is 7.31. The molecule has 2 aromatic rings. The molecule has 0 N–H and O–H groups in total. The van der Waals surface area contributed by atoms with Gasteiger partial charge in [0.25, 0.3) is 0 Å². The van der Waals surface area contributed by atoms with Gasteiger partial charge in [-0.15, -0.1) is 0 Å². The highest BCUT2D eigenvalue weighted by Crippen LogP contribution is 2.22. The molecule has 0 aliphatic carbocycles. The smallest absolute Gasteiger partial charge is 0.119 e. The van der Waals surface area contributed by atoms with E-state index in [1.165, 1.54) is 17.5 Å². The molecule has 0 saturated heterocycles. The minimum atomic E-state index is 0.238. The number of rotatable bonds is 6. The molecule has 1 nitrogen and oxygen atoms in total. The molecule has 0 spiro atoms. The van der Waals surface area contributed by atoms with Crippen molar-refractivity contribution in [2.75, 3.05) is 6.61 Å². The van der Waals surface area contributed by atoms with Crippen LogP contribution in [-0.4, -0.2) is 6.61 Å². The topological polar surface area (TPSA) is 9.23 Å². The Morgan fingerprint density at radius 2 is 1.48 bits per heavy atom. The van der Waals surface area contributed by atoms with Crippen LogP contribution in [0.15, 0.2) is 54.6 Å². The van der Waals surface area contributed by atoms with E-state index in [-0.39, 0.29) is 5.41 Å². The molecule has 0 saturated carbocycles. The highest BCUT2D eigenvalue weighted by molar-refractivity contribution is 5.27. The van der Waals surface area contributed by atoms with Gasteiger partial charge in [-0.25, -0.2) is 0 Å². The third-order valence-electron chi connectivity index (χ3n) is 3.69. The van der Waals surface area contributed by atoms with E-state index in [2.05, 4.69) is 45.0 Å². The number of benzene rings is 2. The van der Waals surface area contributed by atoms with E-state index in [1.807, 2.05) is 30.3 Å². The summed E-state index contributed by atoms with van der Waals surface area (Å²) in [7, 11) is 0. The van der Waals surface area contributed by atoms with Crippen molar-refractivity contribution in [3.63, 3.8) is 0 Å². The maximum absolute atomic E-state index is 5.71. The lowest BCUT2D eigenvalue weighted by Gasteiger charge is -2.19. The third kappa shape index (κ3) is 5.26. The van der Waals surface area contributed by atoms with Crippen molar-refractivity contribution in [3.8, 4) is 5.75 Å². The molecule has 2 rings (SSSR count). The summed E-state index contributed by atoms with van der Waals surface area (Å²) in [5, 5.41) is 0. The summed E-state index contributed by atoms with van der Waals surface area (Å²) in [6.45, 7) is 7.55. The standard InChI is InChI=1S/C20H26O/c1-20(2,3)18-14-12-17(13-15-18)9-7-8-16-21-19-10-5-4-6-11-19/h4-6,10-15H,7-9,16H2,1-3H3. The van der Waals surface area contributed by atoms with Gasteiger partial charge in [0.05, 0.1) is 6.61 Å². The summed E-state index contributed by atoms with van der Waals surface area (Å²) >= 11 is 0. The fourth-order valence-electron chi connectivity index (χ4n) is 2.31. The summed E-state index contributed by atoms with van der Waals surface area (Å²) in [5.74, 6) is 0.965. The second-order valence-electron chi connectivity index (χ2n) is 6.57. The maximum Gasteiger partial charge on any atom is 0.119 e. The molecule has 0 unspecified atom stereocenters. The van der Waals surface area contributed by atoms with E-state index in [0.29, 0.717) is 0 Å². The van der Waals surface area contributed by atoms with Gasteiger partial charge in [0.2, 0.25) is 0 Å². The van der Waals surface area contributed by atoms with E-state index in [4.69, 9.17) is 4.74 Å². The summed E-state index contributed by atoms with van der Waals surface area (Å²) in [5.41, 5.74) is 3.06. The van der Waals surface area contributed by atoms with E-state index in [0.717, 1.165) is 25.2 Å². The van der Waals surface area contributed by atoms with Crippen molar-refractivity contribution in [1.82, 2.24) is 0 Å². The van der Waals surface area contributed by atoms with Crippen LogP contribution in [0, 0.1) is 0 Å². The number of hydrogen-bond acceptors (Lipinski definition) is 1. The van der Waals surface area contributed by atoms with E-state index in [9.17, 15) is 0 Å². The Labute approximate surface area is 129 Å². The van der Waals surface area contributed by atoms with Gasteiger partial charge < -0.3 is 4.74 Å². The molecule has 0 aromatic heterocycles. The van der Waals surface area contributed by atoms with Gasteiger partial charge in [0.1, 0.15) is 5.75 Å². The maximum atomic E-state index is 5.71. The van der Waals surface area contributed by atoms with Gasteiger partial charge in [0, 0.05) is 0 Å². The molecule has 2 aromatic carbocycles. The van der Waals surface area contributed by atoms with Gasteiger partial charge in [0.15, 0.2) is 0 Å². The first-order valence-electron chi connectivity index (χ1n) is 7.83. The van der Waals surface area contributed by atoms with E-state index >= 15 is 0 Å². The first-order chi connectivity index (χ1) is 10.1. The van der Waals surface area contributed by atoms with E-state index < -0.39 is 0 Å². The Kier molecular flexibility index (Phi) is 5.44. The minimum absolute atomic E-state index is 0.238. The van der Waals surface area contributed by atoms with E-state index in [1.54, 1.807) is 0 Å². The molecule has 0 bridgehead atoms. The first-order valence-corrected chi connectivity index (χ1v) is 7.83. The fraction of sp³-hybridized carbons (Fsp3) is 0.400. The normalized spacial score (nSPS) is 11.4. The molecule has 0 fully saturated rings. The predicted octanol–water partition coefficient (Wildman–Crippen LogP) is 5.39. The van der Waals surface area contributed by atoms with Crippen LogP contribution in [0.4, 0.5) is 0 Å². The Morgan fingerprint density at radius 3 is 2.10 bits per heavy atom. The first kappa shape index (κ1) is 15.6. The molecule has 0 amide bonds. The molecule has 0 aliphatic heterocycles. The molecule has 112 valence electrons. The van der Waals surface area contributed by atoms with Gasteiger partial charge in [-0.3, -0.25) is 0 Å². The predicted molar refractivity (Wildman–Crippen MR) is 90.0 cm³/mol. The highest BCUT2D eigenvalue weighted by Gasteiger charge is 2.12. The zero-order chi connectivity index (χ0) is 15.1. The molecular weight excluding hydrogens is 256 g/mol. The lowest BCUT2D eigenvalue weighted by Crippen LogP contribution is -2.10. The SMILES string of the molecule is CC(C)(C)c1ccc(CCCCOc2ccccc2)cc1. The van der Waals surface area contributed by atoms with Crippen molar-refractivity contribution < 1.29 is 4.74 Å². The largest absolute Gasteiger partial charge is 0.494 e. The Bertz CT molecular complexity index is 520. The number of ether oxygens (including phenoxy) is 1. The number of hydrogen-bond donors (Lipinski definition) is 0. The van der Waals surface area contributed by atoms with Crippen LogP contribution < -0.4 is 4.74 Å². The molecule has 0 atom stereocenters. The monoisotopic (exact) mass is 282 g/mol. The van der Waals surface area contributed by atoms with Gasteiger partial charge in [-0.2, -0.15) is 0 Å². The number of para-hydroxylation sites is 1. The average molecular weight is 282 g/mol. The highest BCUT2D eigenvalue weighted by atomic mass is 16.5. The molecular formula is C20H26O. The molecule has 0 heterocycles. The summed E-state index contributed by atoms with van der Waals surface area (Å²) in [6.07, 6.45) is 3.39. The van der Waals surface area contributed by atoms with Gasteiger partial charge >= 0.3 is 0 Å². The van der Waals surface area contributed by atoms with Crippen LogP contribution in [0.25, 0.3) is 0 Å². The van der Waals surface area contributed by atoms with Crippen LogP contribution >= 0.6 is 0 Å². The summed E-state index contributed by atoms with van der Waals surface area (Å²) in [6, 6.07) is 19.1. The van der Waals surface area contributed by atoms with Gasteiger partial charge in [-0.1, -0.05) is 63.2 Å². The van der Waals surface area contributed by atoms with Crippen molar-refractivity contribution in [1.29, 1.82) is 0 Å². The zero-order valence-corrected chi connectivity index (χ0v) is 13.4. The Hall–Kier alpha value is -1.76. The summed E-state index contributed by atoms with van der Waals surface area (Å²) in [4.78, 5) is 0. The lowest BCUT2D eigenvalue weighted by atomic mass is 9.86. The summed E-state index contributed by atoms with van der Waals surface area (Å²) < 4.78 is 5.71. The van der Waals surface area contributed by atoms with Crippen LogP contribution in [0.3, 0.4) is 0 Å². The molecule has 0 aliphatic rings. The van der Waals surface area contributed by atoms with Crippen LogP contribution in [0.2, 0.25) is 0 Å². The molecule has 1 heteroatoms. The third-order valence-corrected chi connectivity index (χ3v) is 3.69. The lowest BCUT2D eigenvalue weighted by molar-refractivity contribution is 0.307. The van der Waals surface area contributed by atoms with Crippen molar-refractivity contribution in [2.24, 2.45) is 0 Å². The average Bonchev–Trinajstić information content (AvgIpc) is 2.47. The minimum Gasteiger partial charge on any atom is -0.494 e. The number of aryl methyl sites for hydroxylation is 1. The van der Waals surface area contributed by atoms with Crippen LogP contribution in [-0.2, 0) is 11.8 Å². The quantitative estimate of drug-likeness (QED) is 0.646. The van der Waals surface area contributed by atoms with Crippen molar-refractivity contribution in [3.05, 3.63) is 65.7 Å². The van der Waals surface area contributed by atoms with Crippen LogP contribution in [0.5, 0.6) is 5.75 Å². The van der Waals surface area contributed by atoms with Gasteiger partial charge in [-0.05, 0) is 47.9 Å². The number of unbranched alkanes of at least 4 members (excludes halogenated alkanes) is 1. The molecule has 21 heavy (non-hydrogen) atoms. The van der Waals surface area contributed by atoms with Crippen molar-refractivity contribution in [2.45, 2.75) is 45.4 Å². The fourth-order valence-corrected chi connectivity index (χ4v) is 2.31. The molecule has 0 radical (unpaired) electrons. The Morgan fingerprint density at radius 1 is 0.810 bits per heavy atom. The van der Waals surface area contributed by atoms with Crippen LogP contribution in [0.1, 0.15) is 44.7 Å². The second-order valence-corrected chi connectivity index (χ2v) is 6.57.